The Kier molecular flexibility index (Phi) is 10.5. The molecule has 2 heterocycles. The van der Waals surface area contributed by atoms with E-state index in [9.17, 15) is 4.39 Å². The number of hydrogen-bond donors (Lipinski definition) is 2. The molecule has 0 saturated carbocycles. The number of halogens is 2. The summed E-state index contributed by atoms with van der Waals surface area (Å²) in [5, 5.41) is 6.90. The lowest BCUT2D eigenvalue weighted by atomic mass is 10.1. The number of nitrogens with one attached hydrogen (secondary N) is 2. The molecule has 0 unspecified atom stereocenters. The van der Waals surface area contributed by atoms with Gasteiger partial charge in [0.05, 0.1) is 6.54 Å². The Bertz CT molecular complexity index is 822. The predicted molar refractivity (Wildman–Crippen MR) is 137 cm³/mol. The van der Waals surface area contributed by atoms with Crippen molar-refractivity contribution in [2.45, 2.75) is 38.9 Å². The number of aromatic nitrogens is 1. The van der Waals surface area contributed by atoms with E-state index in [1.165, 1.54) is 6.07 Å². The Hall–Kier alpha value is -1.94. The van der Waals surface area contributed by atoms with Crippen LogP contribution < -0.4 is 15.5 Å². The molecule has 3 rings (SSSR count). The second kappa shape index (κ2) is 12.8. The van der Waals surface area contributed by atoms with Gasteiger partial charge >= 0.3 is 0 Å². The first-order valence-electron chi connectivity index (χ1n) is 10.7. The fourth-order valence-corrected chi connectivity index (χ4v) is 3.67. The van der Waals surface area contributed by atoms with Crippen LogP contribution in [-0.2, 0) is 13.1 Å². The van der Waals surface area contributed by atoms with Gasteiger partial charge < -0.3 is 20.4 Å². The van der Waals surface area contributed by atoms with E-state index in [-0.39, 0.29) is 29.8 Å². The third-order valence-electron chi connectivity index (χ3n) is 5.17. The molecule has 6 nitrogen and oxygen atoms in total. The van der Waals surface area contributed by atoms with Gasteiger partial charge in [-0.1, -0.05) is 12.1 Å². The molecule has 0 aliphatic carbocycles. The van der Waals surface area contributed by atoms with Crippen molar-refractivity contribution in [2.24, 2.45) is 4.99 Å². The van der Waals surface area contributed by atoms with E-state index in [0.717, 1.165) is 49.8 Å². The molecule has 0 bridgehead atoms. The van der Waals surface area contributed by atoms with Crippen LogP contribution in [0.4, 0.5) is 10.2 Å². The van der Waals surface area contributed by atoms with Crippen LogP contribution in [0.25, 0.3) is 0 Å². The summed E-state index contributed by atoms with van der Waals surface area (Å²) < 4.78 is 14.0. The molecule has 170 valence electrons. The normalized spacial score (nSPS) is 15.0. The average molecular weight is 540 g/mol. The van der Waals surface area contributed by atoms with Crippen LogP contribution in [0.5, 0.6) is 0 Å². The molecular formula is C23H34FIN6. The molecule has 0 radical (unpaired) electrons. The molecule has 0 amide bonds. The molecule has 2 aromatic rings. The minimum absolute atomic E-state index is 0. The summed E-state index contributed by atoms with van der Waals surface area (Å²) in [6.07, 6.45) is 3.91. The van der Waals surface area contributed by atoms with Gasteiger partial charge in [0.15, 0.2) is 5.96 Å². The first-order chi connectivity index (χ1) is 14.5. The maximum atomic E-state index is 14.0. The van der Waals surface area contributed by atoms with Gasteiger partial charge in [-0.2, -0.15) is 0 Å². The van der Waals surface area contributed by atoms with Crippen molar-refractivity contribution in [1.82, 2.24) is 20.5 Å². The minimum Gasteiger partial charge on any atom is -0.357 e. The van der Waals surface area contributed by atoms with Crippen LogP contribution in [-0.4, -0.2) is 55.6 Å². The zero-order valence-corrected chi connectivity index (χ0v) is 21.0. The Labute approximate surface area is 202 Å². The standard InChI is InChI=1S/C23H33FN6.HI/c1-4-25-23(27-16-18-8-9-21(24)19(15-18)17-29(2)3)28-20-10-13-30(14-11-20)22-7-5-6-12-26-22;/h5-9,12,15,20H,4,10-11,13-14,16-17H2,1-3H3,(H2,25,27,28);1H. The summed E-state index contributed by atoms with van der Waals surface area (Å²) in [5.74, 6) is 1.69. The number of guanidine groups is 1. The van der Waals surface area contributed by atoms with Gasteiger partial charge in [-0.05, 0) is 63.7 Å². The number of aliphatic imine (C=N–C) groups is 1. The highest BCUT2D eigenvalue weighted by Gasteiger charge is 2.20. The number of anilines is 1. The zero-order valence-electron chi connectivity index (χ0n) is 18.6. The van der Waals surface area contributed by atoms with Crippen molar-refractivity contribution in [3.63, 3.8) is 0 Å². The van der Waals surface area contributed by atoms with E-state index in [2.05, 4.69) is 33.5 Å². The molecule has 2 N–H and O–H groups in total. The molecule has 0 atom stereocenters. The maximum absolute atomic E-state index is 14.0. The second-order valence-electron chi connectivity index (χ2n) is 7.95. The number of pyridine rings is 1. The van der Waals surface area contributed by atoms with Crippen molar-refractivity contribution in [2.75, 3.05) is 38.6 Å². The first kappa shape index (κ1) is 25.3. The van der Waals surface area contributed by atoms with Gasteiger partial charge in [0.25, 0.3) is 0 Å². The van der Waals surface area contributed by atoms with Crippen LogP contribution in [0.15, 0.2) is 47.6 Å². The summed E-state index contributed by atoms with van der Waals surface area (Å²) >= 11 is 0. The summed E-state index contributed by atoms with van der Waals surface area (Å²) in [6.45, 7) is 5.90. The van der Waals surface area contributed by atoms with Gasteiger partial charge in [0.2, 0.25) is 0 Å². The molecule has 1 fully saturated rings. The van der Waals surface area contributed by atoms with Crippen LogP contribution in [0.3, 0.4) is 0 Å². The third-order valence-corrected chi connectivity index (χ3v) is 5.17. The molecule has 1 saturated heterocycles. The number of hydrogen-bond acceptors (Lipinski definition) is 4. The van der Waals surface area contributed by atoms with E-state index >= 15 is 0 Å². The third kappa shape index (κ3) is 7.92. The molecule has 1 aromatic heterocycles. The SMILES string of the molecule is CCNC(=NCc1ccc(F)c(CN(C)C)c1)NC1CCN(c2ccccn2)CC1.I. The van der Waals surface area contributed by atoms with E-state index < -0.39 is 0 Å². The highest BCUT2D eigenvalue weighted by Crippen LogP contribution is 2.17. The van der Waals surface area contributed by atoms with Gasteiger partial charge in [-0.15, -0.1) is 24.0 Å². The molecular weight excluding hydrogens is 506 g/mol. The smallest absolute Gasteiger partial charge is 0.191 e. The molecule has 0 spiro atoms. The van der Waals surface area contributed by atoms with Crippen molar-refractivity contribution in [3.8, 4) is 0 Å². The van der Waals surface area contributed by atoms with Gasteiger partial charge in [-0.25, -0.2) is 14.4 Å². The highest BCUT2D eigenvalue weighted by molar-refractivity contribution is 14.0. The Morgan fingerprint density at radius 3 is 2.65 bits per heavy atom. The number of rotatable bonds is 7. The second-order valence-corrected chi connectivity index (χ2v) is 7.95. The molecule has 1 aromatic carbocycles. The molecule has 8 heteroatoms. The van der Waals surface area contributed by atoms with E-state index in [4.69, 9.17) is 4.99 Å². The lowest BCUT2D eigenvalue weighted by molar-refractivity contribution is 0.392. The van der Waals surface area contributed by atoms with E-state index in [1.54, 1.807) is 0 Å². The summed E-state index contributed by atoms with van der Waals surface area (Å²) in [4.78, 5) is 13.5. The van der Waals surface area contributed by atoms with Crippen LogP contribution in [0, 0.1) is 5.82 Å². The molecule has 1 aliphatic heterocycles. The lowest BCUT2D eigenvalue weighted by Gasteiger charge is -2.33. The average Bonchev–Trinajstić information content (AvgIpc) is 2.75. The van der Waals surface area contributed by atoms with Crippen molar-refractivity contribution in [1.29, 1.82) is 0 Å². The van der Waals surface area contributed by atoms with Gasteiger partial charge in [0.1, 0.15) is 11.6 Å². The molecule has 31 heavy (non-hydrogen) atoms. The molecule has 1 aliphatic rings. The quantitative estimate of drug-likeness (QED) is 0.319. The largest absolute Gasteiger partial charge is 0.357 e. The Morgan fingerprint density at radius 1 is 1.23 bits per heavy atom. The fraction of sp³-hybridized carbons (Fsp3) is 0.478. The van der Waals surface area contributed by atoms with Crippen molar-refractivity contribution in [3.05, 3.63) is 59.5 Å². The maximum Gasteiger partial charge on any atom is 0.191 e. The summed E-state index contributed by atoms with van der Waals surface area (Å²) in [5.41, 5.74) is 1.71. The minimum atomic E-state index is -0.166. The van der Waals surface area contributed by atoms with E-state index in [1.807, 2.05) is 49.5 Å². The fourth-order valence-electron chi connectivity index (χ4n) is 3.67. The number of benzene rings is 1. The monoisotopic (exact) mass is 540 g/mol. The van der Waals surface area contributed by atoms with Crippen LogP contribution in [0.2, 0.25) is 0 Å². The highest BCUT2D eigenvalue weighted by atomic mass is 127. The lowest BCUT2D eigenvalue weighted by Crippen LogP contribution is -2.48. The predicted octanol–water partition coefficient (Wildman–Crippen LogP) is 3.62. The van der Waals surface area contributed by atoms with Crippen molar-refractivity contribution < 1.29 is 4.39 Å². The number of piperidine rings is 1. The number of nitrogens with zero attached hydrogens (tertiary/aromatic N) is 4. The summed E-state index contributed by atoms with van der Waals surface area (Å²) in [7, 11) is 3.88. The van der Waals surface area contributed by atoms with Crippen molar-refractivity contribution >= 4 is 35.8 Å². The zero-order chi connectivity index (χ0) is 21.3. The van der Waals surface area contributed by atoms with Crippen LogP contribution in [0.1, 0.15) is 30.9 Å². The Balaban J connectivity index is 0.00000341. The Morgan fingerprint density at radius 2 is 2.00 bits per heavy atom. The van der Waals surface area contributed by atoms with Gasteiger partial charge in [-0.3, -0.25) is 0 Å². The first-order valence-corrected chi connectivity index (χ1v) is 10.7. The topological polar surface area (TPSA) is 55.8 Å². The van der Waals surface area contributed by atoms with E-state index in [0.29, 0.717) is 24.7 Å². The van der Waals surface area contributed by atoms with Crippen LogP contribution >= 0.6 is 24.0 Å². The van der Waals surface area contributed by atoms with Gasteiger partial charge in [0, 0.05) is 44.0 Å². The summed E-state index contributed by atoms with van der Waals surface area (Å²) in [6, 6.07) is 11.7.